The molecule has 0 bridgehead atoms. The highest BCUT2D eigenvalue weighted by Crippen LogP contribution is 2.34. The first-order chi connectivity index (χ1) is 13.5. The van der Waals surface area contributed by atoms with E-state index in [2.05, 4.69) is 0 Å². The molecule has 0 spiro atoms. The van der Waals surface area contributed by atoms with Crippen molar-refractivity contribution in [3.05, 3.63) is 34.7 Å². The molecule has 2 saturated heterocycles. The zero-order valence-electron chi connectivity index (χ0n) is 15.8. The first-order valence-corrected chi connectivity index (χ1v) is 10.6. The molecular weight excluding hydrogens is 396 g/mol. The van der Waals surface area contributed by atoms with E-state index in [1.165, 1.54) is 16.7 Å². The summed E-state index contributed by atoms with van der Waals surface area (Å²) in [6.45, 7) is 0.655. The molecule has 2 aliphatic heterocycles. The number of hydrogen-bond acceptors (Lipinski definition) is 6. The molecule has 8 heteroatoms. The second-order valence-electron chi connectivity index (χ2n) is 6.76. The van der Waals surface area contributed by atoms with E-state index in [1.54, 1.807) is 18.1 Å². The Labute approximate surface area is 174 Å². The molecule has 1 atom stereocenters. The summed E-state index contributed by atoms with van der Waals surface area (Å²) in [6.07, 6.45) is 5.20. The minimum Gasteiger partial charge on any atom is -0.496 e. The smallest absolute Gasteiger partial charge is 0.266 e. The molecule has 6 nitrogen and oxygen atoms in total. The van der Waals surface area contributed by atoms with Crippen LogP contribution in [0.2, 0.25) is 0 Å². The average Bonchev–Trinajstić information content (AvgIpc) is 2.96. The molecule has 1 N–H and O–H groups in total. The predicted molar refractivity (Wildman–Crippen MR) is 114 cm³/mol. The van der Waals surface area contributed by atoms with Gasteiger partial charge in [0, 0.05) is 24.8 Å². The zero-order valence-corrected chi connectivity index (χ0v) is 17.4. The Balaban J connectivity index is 1.73. The van der Waals surface area contributed by atoms with Gasteiger partial charge in [0.15, 0.2) is 0 Å². The first kappa shape index (κ1) is 20.8. The van der Waals surface area contributed by atoms with E-state index >= 15 is 0 Å². The topological polar surface area (TPSA) is 70.1 Å². The number of carbonyl (C=O) groups excluding carboxylic acids is 2. The van der Waals surface area contributed by atoms with Crippen LogP contribution in [-0.2, 0) is 9.59 Å². The van der Waals surface area contributed by atoms with Crippen molar-refractivity contribution in [2.24, 2.45) is 0 Å². The number of nitrogens with zero attached hydrogens (tertiary/aromatic N) is 2. The van der Waals surface area contributed by atoms with Crippen LogP contribution in [-0.4, -0.2) is 63.9 Å². The fourth-order valence-electron chi connectivity index (χ4n) is 3.57. The number of ether oxygens (including phenoxy) is 1. The predicted octanol–water partition coefficient (Wildman–Crippen LogP) is 2.66. The number of rotatable bonds is 6. The molecule has 150 valence electrons. The van der Waals surface area contributed by atoms with E-state index in [0.717, 1.165) is 24.8 Å². The summed E-state index contributed by atoms with van der Waals surface area (Å²) in [6, 6.07) is 7.46. The van der Waals surface area contributed by atoms with E-state index in [9.17, 15) is 14.7 Å². The first-order valence-electron chi connectivity index (χ1n) is 9.34. The van der Waals surface area contributed by atoms with Crippen LogP contribution in [0.5, 0.6) is 5.75 Å². The Bertz CT molecular complexity index is 794. The number of benzene rings is 1. The van der Waals surface area contributed by atoms with Gasteiger partial charge in [-0.05, 0) is 37.8 Å². The van der Waals surface area contributed by atoms with Gasteiger partial charge in [-0.25, -0.2) is 0 Å². The lowest BCUT2D eigenvalue weighted by Gasteiger charge is -2.36. The van der Waals surface area contributed by atoms with Crippen molar-refractivity contribution in [1.29, 1.82) is 0 Å². The van der Waals surface area contributed by atoms with Gasteiger partial charge in [0.05, 0.1) is 12.0 Å². The maximum absolute atomic E-state index is 12.8. The molecule has 2 fully saturated rings. The lowest BCUT2D eigenvalue weighted by atomic mass is 9.99. The molecule has 1 aromatic rings. The molecule has 2 aliphatic rings. The molecule has 2 amide bonds. The van der Waals surface area contributed by atoms with Gasteiger partial charge in [-0.2, -0.15) is 0 Å². The monoisotopic (exact) mass is 420 g/mol. The van der Waals surface area contributed by atoms with Crippen molar-refractivity contribution in [3.63, 3.8) is 0 Å². The van der Waals surface area contributed by atoms with Crippen LogP contribution in [0.15, 0.2) is 29.2 Å². The third-order valence-corrected chi connectivity index (χ3v) is 6.38. The summed E-state index contributed by atoms with van der Waals surface area (Å²) in [5, 5.41) is 9.26. The number of likely N-dealkylation sites (tertiary alicyclic amines) is 1. The van der Waals surface area contributed by atoms with Crippen LogP contribution in [0.25, 0.3) is 6.08 Å². The normalized spacial score (nSPS) is 21.5. The van der Waals surface area contributed by atoms with E-state index in [-0.39, 0.29) is 31.0 Å². The minimum absolute atomic E-state index is 0.0359. The van der Waals surface area contributed by atoms with Crippen molar-refractivity contribution in [2.45, 2.75) is 31.7 Å². The van der Waals surface area contributed by atoms with Crippen LogP contribution < -0.4 is 4.74 Å². The quantitative estimate of drug-likeness (QED) is 0.564. The number of aliphatic hydroxyl groups excluding tert-OH is 1. The third kappa shape index (κ3) is 4.56. The Morgan fingerprint density at radius 2 is 2.18 bits per heavy atom. The minimum atomic E-state index is -0.259. The number of piperidine rings is 1. The van der Waals surface area contributed by atoms with Gasteiger partial charge in [0.25, 0.3) is 5.91 Å². The van der Waals surface area contributed by atoms with Gasteiger partial charge >= 0.3 is 0 Å². The molecule has 0 aliphatic carbocycles. The largest absolute Gasteiger partial charge is 0.496 e. The van der Waals surface area contributed by atoms with Crippen molar-refractivity contribution in [3.8, 4) is 5.75 Å². The molecule has 0 saturated carbocycles. The Hall–Kier alpha value is -1.90. The zero-order chi connectivity index (χ0) is 20.1. The van der Waals surface area contributed by atoms with Gasteiger partial charge in [-0.15, -0.1) is 0 Å². The highest BCUT2D eigenvalue weighted by atomic mass is 32.2. The summed E-state index contributed by atoms with van der Waals surface area (Å²) >= 11 is 6.56. The number of aliphatic hydroxyl groups is 1. The van der Waals surface area contributed by atoms with Gasteiger partial charge in [-0.3, -0.25) is 14.5 Å². The summed E-state index contributed by atoms with van der Waals surface area (Å²) in [4.78, 5) is 29.3. The van der Waals surface area contributed by atoms with Gasteiger partial charge in [0.2, 0.25) is 5.91 Å². The molecule has 2 heterocycles. The van der Waals surface area contributed by atoms with E-state index in [0.29, 0.717) is 27.9 Å². The number of amides is 2. The standard InChI is InChI=1S/C20H24N2O4S2/c1-26-16-8-3-2-6-14(16)12-17-19(25)22(20(27)28-17)13-18(24)21-10-5-4-7-15(21)9-11-23/h2-3,6,8,12,15,23H,4-5,7,9-11,13H2,1H3. The molecular formula is C20H24N2O4S2. The number of thioether (sulfide) groups is 1. The number of methoxy groups -OCH3 is 1. The summed E-state index contributed by atoms with van der Waals surface area (Å²) in [5.41, 5.74) is 0.788. The van der Waals surface area contributed by atoms with E-state index in [4.69, 9.17) is 17.0 Å². The molecule has 0 aromatic heterocycles. The Morgan fingerprint density at radius 3 is 2.93 bits per heavy atom. The van der Waals surface area contributed by atoms with Crippen molar-refractivity contribution >= 4 is 46.2 Å². The highest BCUT2D eigenvalue weighted by Gasteiger charge is 2.36. The molecule has 28 heavy (non-hydrogen) atoms. The Morgan fingerprint density at radius 1 is 1.39 bits per heavy atom. The maximum Gasteiger partial charge on any atom is 0.266 e. The summed E-state index contributed by atoms with van der Waals surface area (Å²) in [7, 11) is 1.58. The Kier molecular flexibility index (Phi) is 7.09. The van der Waals surface area contributed by atoms with Crippen LogP contribution in [0.1, 0.15) is 31.2 Å². The molecule has 1 aromatic carbocycles. The third-order valence-electron chi connectivity index (χ3n) is 5.00. The maximum atomic E-state index is 12.8. The SMILES string of the molecule is COc1ccccc1C=C1SC(=S)N(CC(=O)N2CCCCC2CCO)C1=O. The summed E-state index contributed by atoms with van der Waals surface area (Å²) in [5.74, 6) is 0.293. The van der Waals surface area contributed by atoms with Gasteiger partial charge < -0.3 is 14.7 Å². The van der Waals surface area contributed by atoms with Crippen molar-refractivity contribution in [1.82, 2.24) is 9.80 Å². The number of carbonyl (C=O) groups is 2. The lowest BCUT2D eigenvalue weighted by Crippen LogP contribution is -2.49. The van der Waals surface area contributed by atoms with Crippen LogP contribution >= 0.6 is 24.0 Å². The average molecular weight is 421 g/mol. The van der Waals surface area contributed by atoms with Gasteiger partial charge in [0.1, 0.15) is 16.6 Å². The summed E-state index contributed by atoms with van der Waals surface area (Å²) < 4.78 is 5.71. The van der Waals surface area contributed by atoms with Crippen LogP contribution in [0, 0.1) is 0 Å². The van der Waals surface area contributed by atoms with Crippen LogP contribution in [0.4, 0.5) is 0 Å². The lowest BCUT2D eigenvalue weighted by molar-refractivity contribution is -0.138. The van der Waals surface area contributed by atoms with Crippen LogP contribution in [0.3, 0.4) is 0 Å². The molecule has 1 unspecified atom stereocenters. The van der Waals surface area contributed by atoms with E-state index in [1.807, 2.05) is 24.3 Å². The number of thiocarbonyl (C=S) groups is 1. The van der Waals surface area contributed by atoms with Crippen molar-refractivity contribution < 1.29 is 19.4 Å². The van der Waals surface area contributed by atoms with Crippen molar-refractivity contribution in [2.75, 3.05) is 26.8 Å². The second-order valence-corrected chi connectivity index (χ2v) is 8.43. The fourth-order valence-corrected chi connectivity index (χ4v) is 4.81. The van der Waals surface area contributed by atoms with Gasteiger partial charge in [-0.1, -0.05) is 42.2 Å². The van der Waals surface area contributed by atoms with E-state index < -0.39 is 0 Å². The fraction of sp³-hybridized carbons (Fsp3) is 0.450. The molecule has 3 rings (SSSR count). The number of hydrogen-bond donors (Lipinski definition) is 1. The second kappa shape index (κ2) is 9.54. The highest BCUT2D eigenvalue weighted by molar-refractivity contribution is 8.26. The molecule has 0 radical (unpaired) electrons. The number of para-hydroxylation sites is 1.